The standard InChI is InChI=1S/C19H19N3/c1-14-6-5-11-22(14)17-9-4-8-15(12-17)19-20-13-16-7-2-3-10-18(16)21-19/h2-4,7-10,12-14H,5-6,11H2,1H3. The molecule has 4 rings (SSSR count). The fraction of sp³-hybridized carbons (Fsp3) is 0.263. The molecule has 0 aliphatic carbocycles. The van der Waals surface area contributed by atoms with E-state index in [9.17, 15) is 0 Å². The van der Waals surface area contributed by atoms with Crippen LogP contribution in [0.5, 0.6) is 0 Å². The minimum absolute atomic E-state index is 0.618. The summed E-state index contributed by atoms with van der Waals surface area (Å²) < 4.78 is 0. The van der Waals surface area contributed by atoms with Crippen molar-refractivity contribution in [1.29, 1.82) is 0 Å². The smallest absolute Gasteiger partial charge is 0.159 e. The maximum absolute atomic E-state index is 4.70. The molecular weight excluding hydrogens is 270 g/mol. The van der Waals surface area contributed by atoms with E-state index in [-0.39, 0.29) is 0 Å². The molecule has 0 bridgehead atoms. The van der Waals surface area contributed by atoms with Crippen LogP contribution in [0.4, 0.5) is 5.69 Å². The van der Waals surface area contributed by atoms with Crippen molar-refractivity contribution in [3.05, 3.63) is 54.7 Å². The Kier molecular flexibility index (Phi) is 3.26. The normalized spacial score (nSPS) is 18.0. The van der Waals surface area contributed by atoms with Gasteiger partial charge >= 0.3 is 0 Å². The summed E-state index contributed by atoms with van der Waals surface area (Å²) in [4.78, 5) is 11.7. The first-order chi connectivity index (χ1) is 10.8. The Morgan fingerprint density at radius 2 is 2.00 bits per heavy atom. The molecule has 2 aromatic carbocycles. The molecule has 22 heavy (non-hydrogen) atoms. The van der Waals surface area contributed by atoms with Gasteiger partial charge in [-0.05, 0) is 38.0 Å². The SMILES string of the molecule is CC1CCCN1c1cccc(-c2ncc3ccccc3n2)c1. The molecule has 0 N–H and O–H groups in total. The Balaban J connectivity index is 1.74. The van der Waals surface area contributed by atoms with Gasteiger partial charge in [-0.3, -0.25) is 0 Å². The first-order valence-electron chi connectivity index (χ1n) is 7.90. The van der Waals surface area contributed by atoms with Crippen LogP contribution < -0.4 is 4.90 Å². The van der Waals surface area contributed by atoms with Gasteiger partial charge in [-0.25, -0.2) is 9.97 Å². The summed E-state index contributed by atoms with van der Waals surface area (Å²) in [6.07, 6.45) is 4.46. The van der Waals surface area contributed by atoms with Crippen LogP contribution in [0.3, 0.4) is 0 Å². The summed E-state index contributed by atoms with van der Waals surface area (Å²) in [5.41, 5.74) is 3.36. The van der Waals surface area contributed by atoms with Crippen molar-refractivity contribution in [2.24, 2.45) is 0 Å². The molecule has 0 spiro atoms. The lowest BCUT2D eigenvalue weighted by Crippen LogP contribution is -2.26. The largest absolute Gasteiger partial charge is 0.369 e. The van der Waals surface area contributed by atoms with Gasteiger partial charge in [0.1, 0.15) is 0 Å². The highest BCUT2D eigenvalue weighted by Gasteiger charge is 2.20. The number of hydrogen-bond donors (Lipinski definition) is 0. The third-order valence-corrected chi connectivity index (χ3v) is 4.48. The maximum atomic E-state index is 4.70. The molecule has 1 aliphatic rings. The highest BCUT2D eigenvalue weighted by atomic mass is 15.2. The Hall–Kier alpha value is -2.42. The molecule has 1 fully saturated rings. The second kappa shape index (κ2) is 5.41. The first-order valence-corrected chi connectivity index (χ1v) is 7.90. The van der Waals surface area contributed by atoms with E-state index in [4.69, 9.17) is 4.98 Å². The van der Waals surface area contributed by atoms with Crippen LogP contribution in [-0.4, -0.2) is 22.6 Å². The number of aromatic nitrogens is 2. The van der Waals surface area contributed by atoms with Gasteiger partial charge in [0.05, 0.1) is 5.52 Å². The van der Waals surface area contributed by atoms with Gasteiger partial charge in [-0.15, -0.1) is 0 Å². The van der Waals surface area contributed by atoms with Gasteiger partial charge in [-0.1, -0.05) is 30.3 Å². The predicted molar refractivity (Wildman–Crippen MR) is 91.0 cm³/mol. The van der Waals surface area contributed by atoms with Crippen molar-refractivity contribution in [1.82, 2.24) is 9.97 Å². The summed E-state index contributed by atoms with van der Waals surface area (Å²) in [7, 11) is 0. The lowest BCUT2D eigenvalue weighted by atomic mass is 10.1. The Bertz CT molecular complexity index is 812. The summed E-state index contributed by atoms with van der Waals surface area (Å²) in [5, 5.41) is 1.08. The average Bonchev–Trinajstić information content (AvgIpc) is 3.00. The van der Waals surface area contributed by atoms with Crippen LogP contribution in [0.1, 0.15) is 19.8 Å². The van der Waals surface area contributed by atoms with Crippen molar-refractivity contribution < 1.29 is 0 Å². The van der Waals surface area contributed by atoms with E-state index >= 15 is 0 Å². The van der Waals surface area contributed by atoms with Crippen molar-refractivity contribution in [3.63, 3.8) is 0 Å². The van der Waals surface area contributed by atoms with Crippen LogP contribution in [0.15, 0.2) is 54.7 Å². The number of hydrogen-bond acceptors (Lipinski definition) is 3. The zero-order chi connectivity index (χ0) is 14.9. The average molecular weight is 289 g/mol. The predicted octanol–water partition coefficient (Wildman–Crippen LogP) is 4.29. The summed E-state index contributed by atoms with van der Waals surface area (Å²) in [6, 6.07) is 17.3. The molecule has 3 nitrogen and oxygen atoms in total. The molecule has 2 heterocycles. The van der Waals surface area contributed by atoms with E-state index in [0.717, 1.165) is 28.8 Å². The van der Waals surface area contributed by atoms with Gasteiger partial charge < -0.3 is 4.90 Å². The number of para-hydroxylation sites is 1. The molecular formula is C19H19N3. The minimum Gasteiger partial charge on any atom is -0.369 e. The van der Waals surface area contributed by atoms with Gasteiger partial charge in [0.2, 0.25) is 0 Å². The fourth-order valence-corrected chi connectivity index (χ4v) is 3.25. The molecule has 1 saturated heterocycles. The van der Waals surface area contributed by atoms with E-state index in [1.165, 1.54) is 18.5 Å². The van der Waals surface area contributed by atoms with Crippen molar-refractivity contribution in [2.45, 2.75) is 25.8 Å². The van der Waals surface area contributed by atoms with Crippen molar-refractivity contribution in [3.8, 4) is 11.4 Å². The lowest BCUT2D eigenvalue weighted by Gasteiger charge is -2.24. The van der Waals surface area contributed by atoms with Crippen LogP contribution in [0.25, 0.3) is 22.3 Å². The van der Waals surface area contributed by atoms with Crippen molar-refractivity contribution >= 4 is 16.6 Å². The Morgan fingerprint density at radius 3 is 2.86 bits per heavy atom. The fourth-order valence-electron chi connectivity index (χ4n) is 3.25. The van der Waals surface area contributed by atoms with Crippen LogP contribution >= 0.6 is 0 Å². The Labute approximate surface area is 130 Å². The van der Waals surface area contributed by atoms with Crippen LogP contribution in [-0.2, 0) is 0 Å². The highest BCUT2D eigenvalue weighted by Crippen LogP contribution is 2.28. The van der Waals surface area contributed by atoms with E-state index in [0.29, 0.717) is 6.04 Å². The van der Waals surface area contributed by atoms with E-state index in [1.807, 2.05) is 30.5 Å². The molecule has 3 heteroatoms. The summed E-state index contributed by atoms with van der Waals surface area (Å²) >= 11 is 0. The van der Waals surface area contributed by atoms with E-state index < -0.39 is 0 Å². The molecule has 3 aromatic rings. The van der Waals surface area contributed by atoms with Crippen LogP contribution in [0, 0.1) is 0 Å². The molecule has 1 atom stereocenters. The third-order valence-electron chi connectivity index (χ3n) is 4.48. The number of fused-ring (bicyclic) bond motifs is 1. The van der Waals surface area contributed by atoms with Gasteiger partial charge in [-0.2, -0.15) is 0 Å². The second-order valence-electron chi connectivity index (χ2n) is 5.99. The van der Waals surface area contributed by atoms with E-state index in [1.54, 1.807) is 0 Å². The number of rotatable bonds is 2. The molecule has 0 saturated carbocycles. The zero-order valence-electron chi connectivity index (χ0n) is 12.7. The molecule has 0 radical (unpaired) electrons. The highest BCUT2D eigenvalue weighted by molar-refractivity contribution is 5.79. The molecule has 0 amide bonds. The Morgan fingerprint density at radius 1 is 1.09 bits per heavy atom. The number of nitrogens with zero attached hydrogens (tertiary/aromatic N) is 3. The van der Waals surface area contributed by atoms with Crippen molar-refractivity contribution in [2.75, 3.05) is 11.4 Å². The van der Waals surface area contributed by atoms with Gasteiger partial charge in [0.15, 0.2) is 5.82 Å². The number of anilines is 1. The lowest BCUT2D eigenvalue weighted by molar-refractivity contribution is 0.735. The molecule has 1 aromatic heterocycles. The molecule has 110 valence electrons. The minimum atomic E-state index is 0.618. The number of benzene rings is 2. The third kappa shape index (κ3) is 2.33. The molecule has 1 unspecified atom stereocenters. The van der Waals surface area contributed by atoms with E-state index in [2.05, 4.69) is 41.1 Å². The van der Waals surface area contributed by atoms with Gasteiger partial charge in [0, 0.05) is 35.4 Å². The zero-order valence-corrected chi connectivity index (χ0v) is 12.7. The summed E-state index contributed by atoms with van der Waals surface area (Å²) in [6.45, 7) is 3.44. The topological polar surface area (TPSA) is 29.0 Å². The monoisotopic (exact) mass is 289 g/mol. The summed E-state index contributed by atoms with van der Waals surface area (Å²) in [5.74, 6) is 0.799. The van der Waals surface area contributed by atoms with Gasteiger partial charge in [0.25, 0.3) is 0 Å². The second-order valence-corrected chi connectivity index (χ2v) is 5.99. The quantitative estimate of drug-likeness (QED) is 0.705. The molecule has 1 aliphatic heterocycles. The van der Waals surface area contributed by atoms with Crippen LogP contribution in [0.2, 0.25) is 0 Å². The maximum Gasteiger partial charge on any atom is 0.159 e. The first kappa shape index (κ1) is 13.3.